The number of nitrogens with zero attached hydrogens (tertiary/aromatic N) is 1. The number of hydrogen-bond donors (Lipinski definition) is 1. The van der Waals surface area contributed by atoms with Crippen molar-refractivity contribution in [1.82, 2.24) is 4.98 Å². The van der Waals surface area contributed by atoms with Gasteiger partial charge in [0.25, 0.3) is 0 Å². The van der Waals surface area contributed by atoms with E-state index in [0.717, 1.165) is 31.5 Å². The molecule has 0 bridgehead atoms. The summed E-state index contributed by atoms with van der Waals surface area (Å²) in [7, 11) is 0. The van der Waals surface area contributed by atoms with Crippen LogP contribution in [-0.4, -0.2) is 18.1 Å². The summed E-state index contributed by atoms with van der Waals surface area (Å²) in [5.41, 5.74) is 6.14. The predicted molar refractivity (Wildman–Crippen MR) is 88.0 cm³/mol. The van der Waals surface area contributed by atoms with Crippen molar-refractivity contribution in [3.8, 4) is 0 Å². The van der Waals surface area contributed by atoms with Crippen LogP contribution in [0, 0.1) is 0 Å². The molecule has 0 radical (unpaired) electrons. The molecule has 21 heavy (non-hydrogen) atoms. The summed E-state index contributed by atoms with van der Waals surface area (Å²) >= 11 is 0. The summed E-state index contributed by atoms with van der Waals surface area (Å²) < 4.78 is 5.66. The van der Waals surface area contributed by atoms with Gasteiger partial charge in [0, 0.05) is 23.9 Å². The van der Waals surface area contributed by atoms with Crippen LogP contribution in [0.3, 0.4) is 0 Å². The van der Waals surface area contributed by atoms with E-state index >= 15 is 0 Å². The van der Waals surface area contributed by atoms with E-state index in [1.165, 1.54) is 27.9 Å². The smallest absolute Gasteiger partial charge is 0.0755 e. The van der Waals surface area contributed by atoms with Crippen molar-refractivity contribution in [1.29, 1.82) is 0 Å². The first kappa shape index (κ1) is 14.3. The van der Waals surface area contributed by atoms with Gasteiger partial charge >= 0.3 is 0 Å². The maximum absolute atomic E-state index is 5.66. The average Bonchev–Trinajstić information content (AvgIpc) is 2.50. The maximum atomic E-state index is 5.66. The van der Waals surface area contributed by atoms with Crippen molar-refractivity contribution in [2.24, 2.45) is 0 Å². The van der Waals surface area contributed by atoms with Crippen LogP contribution in [-0.2, 0) is 17.8 Å². The number of anilines is 1. The highest BCUT2D eigenvalue weighted by atomic mass is 16.5. The average molecular weight is 284 g/mol. The summed E-state index contributed by atoms with van der Waals surface area (Å²) in [5, 5.41) is 4.85. The van der Waals surface area contributed by atoms with E-state index < -0.39 is 0 Å². The van der Waals surface area contributed by atoms with Gasteiger partial charge in [0.05, 0.1) is 30.1 Å². The van der Waals surface area contributed by atoms with E-state index in [-0.39, 0.29) is 0 Å². The molecule has 3 rings (SSSR count). The number of hydrogen-bond acceptors (Lipinski definition) is 3. The first-order valence-corrected chi connectivity index (χ1v) is 7.97. The fraction of sp³-hybridized carbons (Fsp3) is 0.500. The number of pyridine rings is 1. The minimum atomic E-state index is 0.528. The Morgan fingerprint density at radius 1 is 1.33 bits per heavy atom. The zero-order valence-corrected chi connectivity index (χ0v) is 13.2. The minimum Gasteiger partial charge on any atom is -0.384 e. The van der Waals surface area contributed by atoms with Crippen molar-refractivity contribution >= 4 is 16.6 Å². The Hall–Kier alpha value is -1.61. The fourth-order valence-corrected chi connectivity index (χ4v) is 2.89. The number of ether oxygens (including phenoxy) is 1. The molecule has 3 nitrogen and oxygen atoms in total. The zero-order chi connectivity index (χ0) is 14.8. The molecule has 0 saturated carbocycles. The Bertz CT molecular complexity index is 649. The van der Waals surface area contributed by atoms with Crippen LogP contribution in [0.1, 0.15) is 49.9 Å². The molecule has 0 unspecified atom stereocenters. The molecule has 3 heteroatoms. The summed E-state index contributed by atoms with van der Waals surface area (Å²) in [4.78, 5) is 4.86. The zero-order valence-electron chi connectivity index (χ0n) is 13.2. The molecule has 112 valence electrons. The lowest BCUT2D eigenvalue weighted by atomic mass is 9.97. The van der Waals surface area contributed by atoms with E-state index in [2.05, 4.69) is 44.3 Å². The van der Waals surface area contributed by atoms with E-state index in [9.17, 15) is 0 Å². The SMILES string of the molecule is CCCNc1c2c(nc3ccc(C(C)C)cc13)CCOC2. The van der Waals surface area contributed by atoms with Gasteiger partial charge in [-0.1, -0.05) is 26.8 Å². The Balaban J connectivity index is 2.20. The molecule has 1 aromatic heterocycles. The van der Waals surface area contributed by atoms with Crippen LogP contribution in [0.4, 0.5) is 5.69 Å². The van der Waals surface area contributed by atoms with Gasteiger partial charge in [0.15, 0.2) is 0 Å². The molecule has 1 aromatic carbocycles. The van der Waals surface area contributed by atoms with Crippen LogP contribution in [0.5, 0.6) is 0 Å². The summed E-state index contributed by atoms with van der Waals surface area (Å²) in [5.74, 6) is 0.528. The van der Waals surface area contributed by atoms with E-state index in [1.54, 1.807) is 0 Å². The van der Waals surface area contributed by atoms with E-state index in [0.29, 0.717) is 12.5 Å². The van der Waals surface area contributed by atoms with Crippen molar-refractivity contribution < 1.29 is 4.74 Å². The predicted octanol–water partition coefficient (Wildman–Crippen LogP) is 4.25. The number of benzene rings is 1. The first-order chi connectivity index (χ1) is 10.2. The summed E-state index contributed by atoms with van der Waals surface area (Å²) in [6.45, 7) is 9.10. The third-order valence-electron chi connectivity index (χ3n) is 4.14. The second-order valence-electron chi connectivity index (χ2n) is 6.07. The monoisotopic (exact) mass is 284 g/mol. The molecule has 1 aliphatic heterocycles. The lowest BCUT2D eigenvalue weighted by Gasteiger charge is -2.22. The third kappa shape index (κ3) is 2.75. The standard InChI is InChI=1S/C18H24N2O/c1-4-8-19-18-14-10-13(12(2)3)5-6-16(14)20-17-7-9-21-11-15(17)18/h5-6,10,12H,4,7-9,11H2,1-3H3,(H,19,20). The van der Waals surface area contributed by atoms with Crippen LogP contribution in [0.25, 0.3) is 10.9 Å². The van der Waals surface area contributed by atoms with Crippen molar-refractivity contribution in [2.45, 2.75) is 46.1 Å². The number of nitrogens with one attached hydrogen (secondary N) is 1. The number of fused-ring (bicyclic) bond motifs is 2. The molecule has 0 amide bonds. The molecular weight excluding hydrogens is 260 g/mol. The second kappa shape index (κ2) is 6.02. The molecule has 0 spiro atoms. The summed E-state index contributed by atoms with van der Waals surface area (Å²) in [6, 6.07) is 6.66. The Labute approximate surface area is 126 Å². The van der Waals surface area contributed by atoms with Gasteiger partial charge in [-0.3, -0.25) is 4.98 Å². The normalized spacial score (nSPS) is 14.5. The van der Waals surface area contributed by atoms with Gasteiger partial charge in [-0.15, -0.1) is 0 Å². The number of aromatic nitrogens is 1. The number of rotatable bonds is 4. The molecule has 1 N–H and O–H groups in total. The van der Waals surface area contributed by atoms with Crippen molar-refractivity contribution in [3.63, 3.8) is 0 Å². The highest BCUT2D eigenvalue weighted by Gasteiger charge is 2.18. The summed E-state index contributed by atoms with van der Waals surface area (Å²) in [6.07, 6.45) is 2.03. The molecule has 1 aliphatic rings. The van der Waals surface area contributed by atoms with Crippen LogP contribution in [0.15, 0.2) is 18.2 Å². The van der Waals surface area contributed by atoms with Crippen LogP contribution < -0.4 is 5.32 Å². The molecule has 2 aromatic rings. The minimum absolute atomic E-state index is 0.528. The second-order valence-corrected chi connectivity index (χ2v) is 6.07. The van der Waals surface area contributed by atoms with Crippen LogP contribution >= 0.6 is 0 Å². The molecule has 0 fully saturated rings. The van der Waals surface area contributed by atoms with E-state index in [1.807, 2.05) is 0 Å². The maximum Gasteiger partial charge on any atom is 0.0755 e. The highest BCUT2D eigenvalue weighted by molar-refractivity contribution is 5.94. The van der Waals surface area contributed by atoms with Gasteiger partial charge in [0.2, 0.25) is 0 Å². The van der Waals surface area contributed by atoms with Gasteiger partial charge < -0.3 is 10.1 Å². The van der Waals surface area contributed by atoms with Crippen molar-refractivity contribution in [3.05, 3.63) is 35.0 Å². The Morgan fingerprint density at radius 3 is 2.95 bits per heavy atom. The lowest BCUT2D eigenvalue weighted by molar-refractivity contribution is 0.110. The van der Waals surface area contributed by atoms with Crippen molar-refractivity contribution in [2.75, 3.05) is 18.5 Å². The van der Waals surface area contributed by atoms with E-state index in [4.69, 9.17) is 9.72 Å². The Kier molecular flexibility index (Phi) is 4.11. The molecule has 2 heterocycles. The topological polar surface area (TPSA) is 34.2 Å². The van der Waals surface area contributed by atoms with Gasteiger partial charge in [-0.2, -0.15) is 0 Å². The molecule has 0 atom stereocenters. The quantitative estimate of drug-likeness (QED) is 0.911. The van der Waals surface area contributed by atoms with Gasteiger partial charge in [0.1, 0.15) is 0 Å². The largest absolute Gasteiger partial charge is 0.384 e. The third-order valence-corrected chi connectivity index (χ3v) is 4.14. The lowest BCUT2D eigenvalue weighted by Crippen LogP contribution is -2.16. The molecular formula is C18H24N2O. The van der Waals surface area contributed by atoms with Crippen LogP contribution in [0.2, 0.25) is 0 Å². The van der Waals surface area contributed by atoms with Gasteiger partial charge in [-0.05, 0) is 30.0 Å². The first-order valence-electron chi connectivity index (χ1n) is 7.97. The fourth-order valence-electron chi connectivity index (χ4n) is 2.89. The van der Waals surface area contributed by atoms with Gasteiger partial charge in [-0.25, -0.2) is 0 Å². The highest BCUT2D eigenvalue weighted by Crippen LogP contribution is 2.33. The molecule has 0 aliphatic carbocycles. The molecule has 0 saturated heterocycles. The Morgan fingerprint density at radius 2 is 2.19 bits per heavy atom.